The van der Waals surface area contributed by atoms with Gasteiger partial charge in [0, 0.05) is 19.0 Å². The fraction of sp³-hybridized carbons (Fsp3) is 0.500. The molecule has 1 heterocycles. The van der Waals surface area contributed by atoms with Gasteiger partial charge in [0.25, 0.3) is 0 Å². The van der Waals surface area contributed by atoms with Crippen LogP contribution in [-0.2, 0) is 16.0 Å². The monoisotopic (exact) mass is 371 g/mol. The molecule has 1 N–H and O–H groups in total. The quantitative estimate of drug-likeness (QED) is 0.884. The molecule has 0 saturated carbocycles. The Morgan fingerprint density at radius 1 is 1.41 bits per heavy atom. The van der Waals surface area contributed by atoms with E-state index in [9.17, 15) is 14.0 Å². The minimum atomic E-state index is -0.781. The van der Waals surface area contributed by atoms with Gasteiger partial charge in [0.1, 0.15) is 5.82 Å². The average molecular weight is 372 g/mol. The van der Waals surface area contributed by atoms with Gasteiger partial charge in [0.2, 0.25) is 5.91 Å². The van der Waals surface area contributed by atoms with Crippen LogP contribution in [0.25, 0.3) is 0 Å². The maximum Gasteiger partial charge on any atom is 0.306 e. The number of likely N-dealkylation sites (tertiary alicyclic amines) is 1. The highest BCUT2D eigenvalue weighted by molar-refractivity contribution is 9.10. The fourth-order valence-electron chi connectivity index (χ4n) is 2.77. The molecule has 1 fully saturated rings. The third-order valence-electron chi connectivity index (χ3n) is 4.10. The van der Waals surface area contributed by atoms with Gasteiger partial charge in [-0.3, -0.25) is 9.59 Å². The number of carbonyl (C=O) groups is 2. The van der Waals surface area contributed by atoms with E-state index in [1.807, 2.05) is 6.92 Å². The van der Waals surface area contributed by atoms with E-state index in [1.54, 1.807) is 17.0 Å². The van der Waals surface area contributed by atoms with Gasteiger partial charge in [-0.05, 0) is 52.9 Å². The molecule has 120 valence electrons. The number of rotatable bonds is 4. The van der Waals surface area contributed by atoms with E-state index in [4.69, 9.17) is 5.11 Å². The molecule has 0 aromatic heterocycles. The van der Waals surface area contributed by atoms with Crippen molar-refractivity contribution in [2.75, 3.05) is 13.1 Å². The first-order chi connectivity index (χ1) is 10.4. The van der Waals surface area contributed by atoms with Crippen LogP contribution in [0.2, 0.25) is 0 Å². The lowest BCUT2D eigenvalue weighted by Gasteiger charge is -2.32. The summed E-state index contributed by atoms with van der Waals surface area (Å²) in [5.74, 6) is -1.62. The number of benzene rings is 1. The molecule has 0 spiro atoms. The molecule has 1 aromatic carbocycles. The summed E-state index contributed by atoms with van der Waals surface area (Å²) >= 11 is 3.14. The van der Waals surface area contributed by atoms with Crippen molar-refractivity contribution in [1.82, 2.24) is 4.90 Å². The van der Waals surface area contributed by atoms with Crippen LogP contribution in [0.4, 0.5) is 4.39 Å². The molecule has 1 saturated heterocycles. The van der Waals surface area contributed by atoms with Crippen LogP contribution in [0.5, 0.6) is 0 Å². The van der Waals surface area contributed by atoms with Gasteiger partial charge in [-0.25, -0.2) is 4.39 Å². The predicted molar refractivity (Wildman–Crippen MR) is 83.9 cm³/mol. The lowest BCUT2D eigenvalue weighted by Crippen LogP contribution is -2.43. The topological polar surface area (TPSA) is 57.6 Å². The number of carboxylic acids is 1. The molecular formula is C16H19BrFNO3. The van der Waals surface area contributed by atoms with Gasteiger partial charge >= 0.3 is 5.97 Å². The molecule has 0 bridgehead atoms. The van der Waals surface area contributed by atoms with E-state index in [1.165, 1.54) is 6.07 Å². The SMILES string of the molecule is C[C@H](Cc1ccc(F)c(Br)c1)C(=O)N1CCC(C(=O)O)CC1. The molecule has 0 unspecified atom stereocenters. The van der Waals surface area contributed by atoms with E-state index in [2.05, 4.69) is 15.9 Å². The molecule has 6 heteroatoms. The Bertz CT molecular complexity index is 571. The van der Waals surface area contributed by atoms with Crippen molar-refractivity contribution < 1.29 is 19.1 Å². The van der Waals surface area contributed by atoms with Crippen LogP contribution >= 0.6 is 15.9 Å². The van der Waals surface area contributed by atoms with Crippen LogP contribution in [0, 0.1) is 17.7 Å². The zero-order chi connectivity index (χ0) is 16.3. The zero-order valence-corrected chi connectivity index (χ0v) is 14.0. The third-order valence-corrected chi connectivity index (χ3v) is 4.71. The molecule has 0 radical (unpaired) electrons. The van der Waals surface area contributed by atoms with E-state index in [0.717, 1.165) is 5.56 Å². The predicted octanol–water partition coefficient (Wildman–Crippen LogP) is 3.09. The smallest absolute Gasteiger partial charge is 0.306 e. The number of hydrogen-bond donors (Lipinski definition) is 1. The Balaban J connectivity index is 1.92. The summed E-state index contributed by atoms with van der Waals surface area (Å²) in [7, 11) is 0. The van der Waals surface area contributed by atoms with Crippen LogP contribution in [0.1, 0.15) is 25.3 Å². The van der Waals surface area contributed by atoms with Crippen molar-refractivity contribution in [2.24, 2.45) is 11.8 Å². The normalized spacial score (nSPS) is 17.3. The second-order valence-electron chi connectivity index (χ2n) is 5.79. The largest absolute Gasteiger partial charge is 0.481 e. The van der Waals surface area contributed by atoms with Gasteiger partial charge in [0.05, 0.1) is 10.4 Å². The number of amides is 1. The Labute approximate surface area is 137 Å². The number of nitrogens with zero attached hydrogens (tertiary/aromatic N) is 1. The summed E-state index contributed by atoms with van der Waals surface area (Å²) in [6, 6.07) is 4.76. The molecular weight excluding hydrogens is 353 g/mol. The van der Waals surface area contributed by atoms with Crippen LogP contribution in [-0.4, -0.2) is 35.0 Å². The molecule has 1 amide bonds. The highest BCUT2D eigenvalue weighted by Crippen LogP contribution is 2.22. The lowest BCUT2D eigenvalue weighted by atomic mass is 9.94. The standard InChI is InChI=1S/C16H19BrFNO3/c1-10(8-11-2-3-14(18)13(17)9-11)15(20)19-6-4-12(5-7-19)16(21)22/h2-3,9-10,12H,4-8H2,1H3,(H,21,22)/t10-/m1/s1. The molecule has 4 nitrogen and oxygen atoms in total. The molecule has 0 aliphatic carbocycles. The second kappa shape index (κ2) is 7.22. The summed E-state index contributed by atoms with van der Waals surface area (Å²) in [6.07, 6.45) is 1.56. The molecule has 1 atom stereocenters. The highest BCUT2D eigenvalue weighted by atomic mass is 79.9. The number of carbonyl (C=O) groups excluding carboxylic acids is 1. The van der Waals surface area contributed by atoms with Crippen LogP contribution < -0.4 is 0 Å². The summed E-state index contributed by atoms with van der Waals surface area (Å²) in [5, 5.41) is 8.98. The highest BCUT2D eigenvalue weighted by Gasteiger charge is 2.29. The van der Waals surface area contributed by atoms with Gasteiger partial charge < -0.3 is 10.0 Å². The third kappa shape index (κ3) is 4.06. The Morgan fingerprint density at radius 2 is 2.05 bits per heavy atom. The molecule has 2 rings (SSSR count). The minimum absolute atomic E-state index is 0.0317. The molecule has 1 aliphatic rings. The lowest BCUT2D eigenvalue weighted by molar-refractivity contribution is -0.146. The number of aliphatic carboxylic acids is 1. The Hall–Kier alpha value is -1.43. The number of carboxylic acid groups (broad SMARTS) is 1. The fourth-order valence-corrected chi connectivity index (χ4v) is 3.19. The number of piperidine rings is 1. The van der Waals surface area contributed by atoms with Crippen molar-refractivity contribution in [3.63, 3.8) is 0 Å². The summed E-state index contributed by atoms with van der Waals surface area (Å²) in [5.41, 5.74) is 0.898. The first kappa shape index (κ1) is 16.9. The maximum atomic E-state index is 13.2. The van der Waals surface area contributed by atoms with E-state index >= 15 is 0 Å². The number of halogens is 2. The average Bonchev–Trinajstić information content (AvgIpc) is 2.50. The van der Waals surface area contributed by atoms with Crippen LogP contribution in [0.15, 0.2) is 22.7 Å². The van der Waals surface area contributed by atoms with Crippen molar-refractivity contribution in [2.45, 2.75) is 26.2 Å². The van der Waals surface area contributed by atoms with Gasteiger partial charge in [-0.2, -0.15) is 0 Å². The first-order valence-electron chi connectivity index (χ1n) is 7.34. The summed E-state index contributed by atoms with van der Waals surface area (Å²) in [6.45, 7) is 2.84. The van der Waals surface area contributed by atoms with Gasteiger partial charge in [-0.15, -0.1) is 0 Å². The van der Waals surface area contributed by atoms with Gasteiger partial charge in [-0.1, -0.05) is 13.0 Å². The molecule has 1 aromatic rings. The summed E-state index contributed by atoms with van der Waals surface area (Å²) < 4.78 is 13.6. The van der Waals surface area contributed by atoms with Crippen molar-refractivity contribution >= 4 is 27.8 Å². The first-order valence-corrected chi connectivity index (χ1v) is 8.13. The van der Waals surface area contributed by atoms with E-state index in [-0.39, 0.29) is 23.6 Å². The minimum Gasteiger partial charge on any atom is -0.481 e. The Kier molecular flexibility index (Phi) is 5.56. The van der Waals surface area contributed by atoms with Crippen molar-refractivity contribution in [1.29, 1.82) is 0 Å². The number of hydrogen-bond acceptors (Lipinski definition) is 2. The maximum absolute atomic E-state index is 13.2. The van der Waals surface area contributed by atoms with Crippen molar-refractivity contribution in [3.05, 3.63) is 34.1 Å². The summed E-state index contributed by atoms with van der Waals surface area (Å²) in [4.78, 5) is 25.1. The molecule has 22 heavy (non-hydrogen) atoms. The second-order valence-corrected chi connectivity index (χ2v) is 6.65. The van der Waals surface area contributed by atoms with Crippen LogP contribution in [0.3, 0.4) is 0 Å². The van der Waals surface area contributed by atoms with Gasteiger partial charge in [0.15, 0.2) is 0 Å². The molecule has 1 aliphatic heterocycles. The Morgan fingerprint density at radius 3 is 2.59 bits per heavy atom. The van der Waals surface area contributed by atoms with E-state index in [0.29, 0.717) is 36.8 Å². The van der Waals surface area contributed by atoms with Crippen molar-refractivity contribution in [3.8, 4) is 0 Å². The van der Waals surface area contributed by atoms with E-state index < -0.39 is 5.97 Å². The zero-order valence-electron chi connectivity index (χ0n) is 12.4.